The molecule has 0 N–H and O–H groups in total. The van der Waals surface area contributed by atoms with Crippen molar-refractivity contribution in [3.05, 3.63) is 24.5 Å². The summed E-state index contributed by atoms with van der Waals surface area (Å²) in [7, 11) is 0. The molecule has 2 aromatic rings. The van der Waals surface area contributed by atoms with Crippen LogP contribution in [0.3, 0.4) is 0 Å². The Kier molecular flexibility index (Phi) is 5.17. The molecular formula is C17H23N5O2. The smallest absolute Gasteiger partial charge is 0.233 e. The fourth-order valence-corrected chi connectivity index (χ4v) is 3.08. The molecule has 3 heterocycles. The van der Waals surface area contributed by atoms with E-state index >= 15 is 0 Å². The van der Waals surface area contributed by atoms with Crippen LogP contribution in [0.4, 0.5) is 0 Å². The Morgan fingerprint density at radius 3 is 2.67 bits per heavy atom. The van der Waals surface area contributed by atoms with Gasteiger partial charge in [-0.3, -0.25) is 9.78 Å². The molecule has 0 unspecified atom stereocenters. The van der Waals surface area contributed by atoms with Crippen LogP contribution in [0.5, 0.6) is 0 Å². The third-order valence-electron chi connectivity index (χ3n) is 4.40. The molecule has 24 heavy (non-hydrogen) atoms. The Morgan fingerprint density at radius 1 is 1.29 bits per heavy atom. The highest BCUT2D eigenvalue weighted by Gasteiger charge is 2.37. The molecule has 1 fully saturated rings. The third kappa shape index (κ3) is 3.44. The predicted octanol–water partition coefficient (Wildman–Crippen LogP) is 2.67. The van der Waals surface area contributed by atoms with Crippen molar-refractivity contribution in [2.45, 2.75) is 45.4 Å². The summed E-state index contributed by atoms with van der Waals surface area (Å²) >= 11 is 0. The molecule has 1 aliphatic rings. The summed E-state index contributed by atoms with van der Waals surface area (Å²) in [6.45, 7) is 5.57. The maximum Gasteiger partial charge on any atom is 0.233 e. The molecule has 0 aliphatic carbocycles. The second-order valence-electron chi connectivity index (χ2n) is 6.26. The normalized spacial score (nSPS) is 14.9. The highest BCUT2D eigenvalue weighted by Crippen LogP contribution is 2.30. The second kappa shape index (κ2) is 7.51. The lowest BCUT2D eigenvalue weighted by Crippen LogP contribution is -2.50. The molecule has 2 aromatic heterocycles. The van der Waals surface area contributed by atoms with Crippen LogP contribution in [0.15, 0.2) is 23.1 Å². The maximum atomic E-state index is 12.5. The minimum atomic E-state index is 0.121. The lowest BCUT2D eigenvalue weighted by molar-refractivity contribution is -0.141. The molecule has 7 heteroatoms. The van der Waals surface area contributed by atoms with E-state index in [0.717, 1.165) is 25.7 Å². The molecule has 128 valence electrons. The van der Waals surface area contributed by atoms with Crippen LogP contribution in [0.2, 0.25) is 0 Å². The molecule has 0 atom stereocenters. The molecule has 0 saturated carbocycles. The maximum absolute atomic E-state index is 12.5. The Balaban J connectivity index is 1.58. The van der Waals surface area contributed by atoms with Crippen molar-refractivity contribution in [2.24, 2.45) is 5.92 Å². The minimum absolute atomic E-state index is 0.121. The third-order valence-corrected chi connectivity index (χ3v) is 4.40. The quantitative estimate of drug-likeness (QED) is 0.776. The predicted molar refractivity (Wildman–Crippen MR) is 88.0 cm³/mol. The number of carbonyl (C=O) groups is 1. The minimum Gasteiger partial charge on any atom is -0.341 e. The lowest BCUT2D eigenvalue weighted by atomic mass is 9.92. The van der Waals surface area contributed by atoms with Crippen LogP contribution < -0.4 is 0 Å². The topological polar surface area (TPSA) is 85.0 Å². The van der Waals surface area contributed by atoms with Crippen molar-refractivity contribution in [3.8, 4) is 11.5 Å². The SMILES string of the molecule is CCCC(CCC)C(=O)N1CC(c2nc(-c3cnccn3)no2)C1. The highest BCUT2D eigenvalue weighted by atomic mass is 16.5. The highest BCUT2D eigenvalue weighted by molar-refractivity contribution is 5.79. The summed E-state index contributed by atoms with van der Waals surface area (Å²) in [5.41, 5.74) is 0.589. The van der Waals surface area contributed by atoms with Crippen molar-refractivity contribution >= 4 is 5.91 Å². The van der Waals surface area contributed by atoms with E-state index in [9.17, 15) is 4.79 Å². The molecule has 1 amide bonds. The molecule has 1 aliphatic heterocycles. The standard InChI is InChI=1S/C17H23N5O2/c1-3-5-12(6-4-2)17(23)22-10-13(11-22)16-20-15(21-24-16)14-9-18-7-8-19-14/h7-9,12-13H,3-6,10-11H2,1-2H3. The average Bonchev–Trinajstić information content (AvgIpc) is 3.03. The zero-order chi connectivity index (χ0) is 16.9. The van der Waals surface area contributed by atoms with E-state index < -0.39 is 0 Å². The number of hydrogen-bond donors (Lipinski definition) is 0. The Hall–Kier alpha value is -2.31. The molecule has 0 bridgehead atoms. The fourth-order valence-electron chi connectivity index (χ4n) is 3.08. The Labute approximate surface area is 141 Å². The van der Waals surface area contributed by atoms with Crippen LogP contribution in [0.1, 0.15) is 51.3 Å². The van der Waals surface area contributed by atoms with E-state index in [4.69, 9.17) is 4.52 Å². The zero-order valence-corrected chi connectivity index (χ0v) is 14.2. The van der Waals surface area contributed by atoms with Crippen LogP contribution in [-0.2, 0) is 4.79 Å². The Bertz CT molecular complexity index is 661. The van der Waals surface area contributed by atoms with Crippen LogP contribution in [0, 0.1) is 5.92 Å². The monoisotopic (exact) mass is 329 g/mol. The molecule has 1 saturated heterocycles. The van der Waals surface area contributed by atoms with Gasteiger partial charge in [0.1, 0.15) is 5.69 Å². The van der Waals surface area contributed by atoms with Gasteiger partial charge in [-0.25, -0.2) is 4.98 Å². The van der Waals surface area contributed by atoms with Gasteiger partial charge < -0.3 is 9.42 Å². The largest absolute Gasteiger partial charge is 0.341 e. The van der Waals surface area contributed by atoms with E-state index in [-0.39, 0.29) is 17.7 Å². The summed E-state index contributed by atoms with van der Waals surface area (Å²) in [5.74, 6) is 1.55. The average molecular weight is 329 g/mol. The second-order valence-corrected chi connectivity index (χ2v) is 6.26. The van der Waals surface area contributed by atoms with Crippen molar-refractivity contribution < 1.29 is 9.32 Å². The first kappa shape index (κ1) is 16.5. The van der Waals surface area contributed by atoms with Gasteiger partial charge in [0.05, 0.1) is 12.1 Å². The van der Waals surface area contributed by atoms with E-state index in [1.807, 2.05) is 4.90 Å². The van der Waals surface area contributed by atoms with E-state index in [0.29, 0.717) is 30.5 Å². The van der Waals surface area contributed by atoms with Gasteiger partial charge in [-0.15, -0.1) is 0 Å². The molecule has 7 nitrogen and oxygen atoms in total. The number of nitrogens with zero attached hydrogens (tertiary/aromatic N) is 5. The number of carbonyl (C=O) groups excluding carboxylic acids is 1. The summed E-state index contributed by atoms with van der Waals surface area (Å²) in [6.07, 6.45) is 8.80. The molecule has 3 rings (SSSR count). The van der Waals surface area contributed by atoms with Gasteiger partial charge in [0.25, 0.3) is 0 Å². The van der Waals surface area contributed by atoms with Crippen LogP contribution in [-0.4, -0.2) is 44.0 Å². The van der Waals surface area contributed by atoms with E-state index in [1.165, 1.54) is 0 Å². The summed E-state index contributed by atoms with van der Waals surface area (Å²) < 4.78 is 5.34. The summed E-state index contributed by atoms with van der Waals surface area (Å²) in [4.78, 5) is 27.0. The van der Waals surface area contributed by atoms with E-state index in [1.54, 1.807) is 18.6 Å². The number of amides is 1. The van der Waals surface area contributed by atoms with Crippen molar-refractivity contribution in [1.29, 1.82) is 0 Å². The number of aromatic nitrogens is 4. The number of rotatable bonds is 7. The van der Waals surface area contributed by atoms with Gasteiger partial charge in [0, 0.05) is 31.4 Å². The lowest BCUT2D eigenvalue weighted by Gasteiger charge is -2.39. The van der Waals surface area contributed by atoms with Gasteiger partial charge in [-0.2, -0.15) is 4.98 Å². The summed E-state index contributed by atoms with van der Waals surface area (Å²) in [6, 6.07) is 0. The number of likely N-dealkylation sites (tertiary alicyclic amines) is 1. The molecule has 0 aromatic carbocycles. The van der Waals surface area contributed by atoms with Gasteiger partial charge >= 0.3 is 0 Å². The first-order valence-electron chi connectivity index (χ1n) is 8.61. The van der Waals surface area contributed by atoms with Crippen LogP contribution in [0.25, 0.3) is 11.5 Å². The van der Waals surface area contributed by atoms with Gasteiger partial charge in [-0.05, 0) is 12.8 Å². The molecule has 0 radical (unpaired) electrons. The van der Waals surface area contributed by atoms with Crippen molar-refractivity contribution in [3.63, 3.8) is 0 Å². The first-order chi connectivity index (χ1) is 11.7. The Morgan fingerprint density at radius 2 is 2.04 bits per heavy atom. The van der Waals surface area contributed by atoms with Crippen LogP contribution >= 0.6 is 0 Å². The van der Waals surface area contributed by atoms with Gasteiger partial charge in [0.15, 0.2) is 0 Å². The van der Waals surface area contributed by atoms with Crippen molar-refractivity contribution in [2.75, 3.05) is 13.1 Å². The van der Waals surface area contributed by atoms with Gasteiger partial charge in [-0.1, -0.05) is 31.8 Å². The summed E-state index contributed by atoms with van der Waals surface area (Å²) in [5, 5.41) is 3.96. The van der Waals surface area contributed by atoms with Gasteiger partial charge in [0.2, 0.25) is 17.6 Å². The molecular weight excluding hydrogens is 306 g/mol. The fraction of sp³-hybridized carbons (Fsp3) is 0.588. The zero-order valence-electron chi connectivity index (χ0n) is 14.2. The van der Waals surface area contributed by atoms with Crippen molar-refractivity contribution in [1.82, 2.24) is 25.0 Å². The first-order valence-corrected chi connectivity index (χ1v) is 8.61. The van der Waals surface area contributed by atoms with E-state index in [2.05, 4.69) is 34.0 Å². The molecule has 0 spiro atoms. The number of hydrogen-bond acceptors (Lipinski definition) is 6.